The Hall–Kier alpha value is -3.41. The van der Waals surface area contributed by atoms with E-state index in [1.54, 1.807) is 24.3 Å². The van der Waals surface area contributed by atoms with Crippen LogP contribution in [0.4, 0.5) is 25.0 Å². The van der Waals surface area contributed by atoms with Crippen molar-refractivity contribution in [3.05, 3.63) is 83.9 Å². The minimum absolute atomic E-state index is 0. The zero-order chi connectivity index (χ0) is 29.4. The van der Waals surface area contributed by atoms with Crippen molar-refractivity contribution in [3.8, 4) is 11.5 Å². The Bertz CT molecular complexity index is 1420. The lowest BCUT2D eigenvalue weighted by Gasteiger charge is -2.34. The summed E-state index contributed by atoms with van der Waals surface area (Å²) in [7, 11) is -3.33. The number of amides is 2. The molecule has 0 radical (unpaired) electrons. The Kier molecular flexibility index (Phi) is 12.0. The minimum Gasteiger partial charge on any atom is -0.457 e. The van der Waals surface area contributed by atoms with Crippen molar-refractivity contribution in [3.63, 3.8) is 0 Å². The van der Waals surface area contributed by atoms with E-state index in [-0.39, 0.29) is 30.2 Å². The quantitative estimate of drug-likeness (QED) is 0.254. The van der Waals surface area contributed by atoms with Crippen LogP contribution in [0.1, 0.15) is 38.2 Å². The molecule has 8 nitrogen and oxygen atoms in total. The van der Waals surface area contributed by atoms with Crippen LogP contribution in [0, 0.1) is 11.6 Å². The second kappa shape index (κ2) is 15.2. The van der Waals surface area contributed by atoms with Gasteiger partial charge in [-0.25, -0.2) is 22.0 Å². The van der Waals surface area contributed by atoms with Crippen LogP contribution in [0.3, 0.4) is 0 Å². The van der Waals surface area contributed by atoms with E-state index in [0.29, 0.717) is 30.2 Å². The third-order valence-electron chi connectivity index (χ3n) is 6.82. The summed E-state index contributed by atoms with van der Waals surface area (Å²) >= 11 is 0. The molecular formula is C30H37ClF2N4O4S. The number of nitrogens with one attached hydrogen (secondary N) is 2. The molecule has 1 aliphatic heterocycles. The Morgan fingerprint density at radius 3 is 2.19 bits per heavy atom. The first kappa shape index (κ1) is 33.1. The van der Waals surface area contributed by atoms with Crippen LogP contribution in [0.15, 0.2) is 66.7 Å². The van der Waals surface area contributed by atoms with Gasteiger partial charge in [0.15, 0.2) is 0 Å². The van der Waals surface area contributed by atoms with E-state index in [9.17, 15) is 22.0 Å². The summed E-state index contributed by atoms with van der Waals surface area (Å²) in [4.78, 5) is 16.8. The number of carbonyl (C=O) groups excluding carboxylic acids is 1. The van der Waals surface area contributed by atoms with E-state index in [1.807, 2.05) is 31.2 Å². The molecule has 0 spiro atoms. The number of carbonyl (C=O) groups is 1. The highest BCUT2D eigenvalue weighted by Gasteiger charge is 2.25. The van der Waals surface area contributed by atoms with E-state index in [1.165, 1.54) is 17.0 Å². The van der Waals surface area contributed by atoms with Crippen LogP contribution in [-0.2, 0) is 16.6 Å². The summed E-state index contributed by atoms with van der Waals surface area (Å²) in [5, 5.41) is 3.05. The highest BCUT2D eigenvalue weighted by atomic mass is 35.5. The lowest BCUT2D eigenvalue weighted by Crippen LogP contribution is -2.49. The standard InChI is InChI=1S/C30H36F2N4O4S.ClH/c1-3-4-17-36(29-14-7-23(31)20-28(29)32)30(37)33-24-15-18-35(19-16-24)21-22-5-10-26(11-6-22)40-27-12-8-25(9-13-27)34-41(2,38)39;/h5-14,20,24,34H,3-4,15-19,21H2,1-2H3,(H,33,37);1H. The highest BCUT2D eigenvalue weighted by Crippen LogP contribution is 2.25. The topological polar surface area (TPSA) is 91.0 Å². The normalized spacial score (nSPS) is 14.1. The van der Waals surface area contributed by atoms with Crippen molar-refractivity contribution in [1.29, 1.82) is 0 Å². The highest BCUT2D eigenvalue weighted by molar-refractivity contribution is 7.92. The summed E-state index contributed by atoms with van der Waals surface area (Å²) in [5.41, 5.74) is 1.68. The molecule has 3 aromatic rings. The third kappa shape index (κ3) is 9.85. The fourth-order valence-electron chi connectivity index (χ4n) is 4.70. The summed E-state index contributed by atoms with van der Waals surface area (Å²) in [6.45, 7) is 4.72. The number of nitrogens with zero attached hydrogens (tertiary/aromatic N) is 2. The SMILES string of the molecule is CCCCN(C(=O)NC1CCN(Cc2ccc(Oc3ccc(NS(C)(=O)=O)cc3)cc2)CC1)c1ccc(F)cc1F.Cl. The van der Waals surface area contributed by atoms with Gasteiger partial charge in [-0.15, -0.1) is 12.4 Å². The molecule has 1 fully saturated rings. The molecule has 2 amide bonds. The zero-order valence-electron chi connectivity index (χ0n) is 23.7. The second-order valence-electron chi connectivity index (χ2n) is 10.2. The molecule has 0 saturated carbocycles. The Morgan fingerprint density at radius 1 is 1.00 bits per heavy atom. The van der Waals surface area contributed by atoms with Gasteiger partial charge in [0.05, 0.1) is 11.9 Å². The molecule has 0 aliphatic carbocycles. The number of hydrogen-bond acceptors (Lipinski definition) is 5. The number of anilines is 2. The van der Waals surface area contributed by atoms with Gasteiger partial charge in [0.2, 0.25) is 10.0 Å². The van der Waals surface area contributed by atoms with Crippen LogP contribution in [0.2, 0.25) is 0 Å². The van der Waals surface area contributed by atoms with Crippen molar-refractivity contribution in [2.75, 3.05) is 35.5 Å². The van der Waals surface area contributed by atoms with Crippen LogP contribution in [0.5, 0.6) is 11.5 Å². The number of halogens is 3. The number of unbranched alkanes of at least 4 members (excludes halogenated alkanes) is 1. The number of ether oxygens (including phenoxy) is 1. The fourth-order valence-corrected chi connectivity index (χ4v) is 5.26. The summed E-state index contributed by atoms with van der Waals surface area (Å²) in [6, 6.07) is 17.4. The Labute approximate surface area is 252 Å². The number of piperidine rings is 1. The summed E-state index contributed by atoms with van der Waals surface area (Å²) in [6.07, 6.45) is 4.19. The van der Waals surface area contributed by atoms with E-state index >= 15 is 0 Å². The molecule has 1 saturated heterocycles. The molecule has 0 bridgehead atoms. The second-order valence-corrected chi connectivity index (χ2v) is 12.0. The van der Waals surface area contributed by atoms with Gasteiger partial charge in [0.1, 0.15) is 23.1 Å². The summed E-state index contributed by atoms with van der Waals surface area (Å²) in [5.74, 6) is -0.157. The molecule has 4 rings (SSSR count). The molecule has 0 atom stereocenters. The number of sulfonamides is 1. The summed E-state index contributed by atoms with van der Waals surface area (Å²) < 4.78 is 58.8. The largest absolute Gasteiger partial charge is 0.457 e. The maximum atomic E-state index is 14.4. The predicted molar refractivity (Wildman–Crippen MR) is 164 cm³/mol. The molecule has 42 heavy (non-hydrogen) atoms. The first-order chi connectivity index (χ1) is 19.6. The number of hydrogen-bond donors (Lipinski definition) is 2. The molecule has 2 N–H and O–H groups in total. The van der Waals surface area contributed by atoms with Crippen LogP contribution >= 0.6 is 12.4 Å². The first-order valence-corrected chi connectivity index (χ1v) is 15.6. The molecule has 1 heterocycles. The molecule has 12 heteroatoms. The third-order valence-corrected chi connectivity index (χ3v) is 7.43. The van der Waals surface area contributed by atoms with Crippen molar-refractivity contribution in [1.82, 2.24) is 10.2 Å². The van der Waals surface area contributed by atoms with E-state index in [0.717, 1.165) is 56.8 Å². The molecular weight excluding hydrogens is 586 g/mol. The van der Waals surface area contributed by atoms with Crippen LogP contribution in [0.25, 0.3) is 0 Å². The van der Waals surface area contributed by atoms with Gasteiger partial charge in [-0.2, -0.15) is 0 Å². The van der Waals surface area contributed by atoms with Crippen LogP contribution in [-0.4, -0.2) is 51.3 Å². The maximum Gasteiger partial charge on any atom is 0.322 e. The van der Waals surface area contributed by atoms with Gasteiger partial charge >= 0.3 is 6.03 Å². The van der Waals surface area contributed by atoms with E-state index < -0.39 is 21.7 Å². The number of rotatable bonds is 11. The Balaban J connectivity index is 0.00000484. The average molecular weight is 623 g/mol. The predicted octanol–water partition coefficient (Wildman–Crippen LogP) is 6.53. The lowest BCUT2D eigenvalue weighted by molar-refractivity contribution is 0.188. The molecule has 0 aromatic heterocycles. The maximum absolute atomic E-state index is 14.4. The average Bonchev–Trinajstić information content (AvgIpc) is 2.92. The van der Waals surface area contributed by atoms with E-state index in [2.05, 4.69) is 14.9 Å². The van der Waals surface area contributed by atoms with Crippen molar-refractivity contribution in [2.45, 2.75) is 45.2 Å². The smallest absolute Gasteiger partial charge is 0.322 e. The minimum atomic E-state index is -3.33. The molecule has 3 aromatic carbocycles. The van der Waals surface area contributed by atoms with Crippen molar-refractivity contribution >= 4 is 39.8 Å². The Morgan fingerprint density at radius 2 is 1.62 bits per heavy atom. The van der Waals surface area contributed by atoms with Gasteiger partial charge in [-0.3, -0.25) is 14.5 Å². The van der Waals surface area contributed by atoms with E-state index in [4.69, 9.17) is 4.74 Å². The van der Waals surface area contributed by atoms with Gasteiger partial charge in [0, 0.05) is 44.0 Å². The van der Waals surface area contributed by atoms with Crippen molar-refractivity contribution < 1.29 is 26.7 Å². The van der Waals surface area contributed by atoms with Gasteiger partial charge < -0.3 is 10.1 Å². The number of urea groups is 1. The van der Waals surface area contributed by atoms with Crippen molar-refractivity contribution in [2.24, 2.45) is 0 Å². The van der Waals surface area contributed by atoms with Gasteiger partial charge in [0.25, 0.3) is 0 Å². The van der Waals surface area contributed by atoms with Crippen LogP contribution < -0.4 is 19.7 Å². The first-order valence-electron chi connectivity index (χ1n) is 13.7. The zero-order valence-corrected chi connectivity index (χ0v) is 25.3. The number of benzene rings is 3. The number of likely N-dealkylation sites (tertiary alicyclic amines) is 1. The molecule has 228 valence electrons. The van der Waals surface area contributed by atoms with Gasteiger partial charge in [-0.05, 0) is 73.4 Å². The monoisotopic (exact) mass is 622 g/mol. The van der Waals surface area contributed by atoms with Gasteiger partial charge in [-0.1, -0.05) is 25.5 Å². The fraction of sp³-hybridized carbons (Fsp3) is 0.367. The molecule has 1 aliphatic rings. The lowest BCUT2D eigenvalue weighted by atomic mass is 10.0. The molecule has 0 unspecified atom stereocenters.